The van der Waals surface area contributed by atoms with Gasteiger partial charge in [-0.15, -0.1) is 10.2 Å². The lowest BCUT2D eigenvalue weighted by Crippen LogP contribution is -2.40. The van der Waals surface area contributed by atoms with Gasteiger partial charge in [0.25, 0.3) is 0 Å². The Balaban J connectivity index is 2.62. The van der Waals surface area contributed by atoms with E-state index in [4.69, 9.17) is 4.42 Å². The van der Waals surface area contributed by atoms with Gasteiger partial charge in [0.15, 0.2) is 0 Å². The van der Waals surface area contributed by atoms with Crippen LogP contribution in [-0.4, -0.2) is 22.8 Å². The van der Waals surface area contributed by atoms with Crippen LogP contribution in [-0.2, 0) is 0 Å². The molecule has 1 heterocycles. The van der Waals surface area contributed by atoms with Crippen LogP contribution in [0.3, 0.4) is 0 Å². The summed E-state index contributed by atoms with van der Waals surface area (Å²) in [5.74, 6) is 1.81. The fraction of sp³-hybridized carbons (Fsp3) is 0.769. The lowest BCUT2D eigenvalue weighted by molar-refractivity contribution is 0.230. The van der Waals surface area contributed by atoms with Crippen LogP contribution >= 0.6 is 0 Å². The van der Waals surface area contributed by atoms with Gasteiger partial charge in [0.1, 0.15) is 6.04 Å². The standard InChI is InChI=1S/C13H24N4O2/c1-8(2)6-11(12-17-16-10(5)19-12)15-13(18)14-7-9(3)4/h8-9,11H,6-7H2,1-5H3,(H2,14,15,18). The first-order valence-corrected chi connectivity index (χ1v) is 6.72. The molecule has 2 N–H and O–H groups in total. The van der Waals surface area contributed by atoms with Gasteiger partial charge < -0.3 is 15.1 Å². The van der Waals surface area contributed by atoms with Crippen molar-refractivity contribution < 1.29 is 9.21 Å². The summed E-state index contributed by atoms with van der Waals surface area (Å²) < 4.78 is 5.41. The van der Waals surface area contributed by atoms with Crippen molar-refractivity contribution in [2.24, 2.45) is 11.8 Å². The van der Waals surface area contributed by atoms with E-state index >= 15 is 0 Å². The zero-order chi connectivity index (χ0) is 14.4. The molecule has 2 amide bonds. The van der Waals surface area contributed by atoms with E-state index in [9.17, 15) is 4.79 Å². The van der Waals surface area contributed by atoms with Gasteiger partial charge in [0, 0.05) is 13.5 Å². The van der Waals surface area contributed by atoms with E-state index in [1.807, 2.05) is 13.8 Å². The van der Waals surface area contributed by atoms with Gasteiger partial charge in [0.2, 0.25) is 11.8 Å². The number of urea groups is 1. The minimum atomic E-state index is -0.242. The van der Waals surface area contributed by atoms with Crippen molar-refractivity contribution in [3.8, 4) is 0 Å². The first kappa shape index (κ1) is 15.5. The maximum atomic E-state index is 11.8. The summed E-state index contributed by atoms with van der Waals surface area (Å²) >= 11 is 0. The van der Waals surface area contributed by atoms with E-state index in [-0.39, 0.29) is 12.1 Å². The SMILES string of the molecule is Cc1nnc(C(CC(C)C)NC(=O)NCC(C)C)o1. The van der Waals surface area contributed by atoms with Crippen LogP contribution in [0.4, 0.5) is 4.79 Å². The minimum absolute atomic E-state index is 0.199. The summed E-state index contributed by atoms with van der Waals surface area (Å²) in [4.78, 5) is 11.8. The molecular formula is C13H24N4O2. The highest BCUT2D eigenvalue weighted by Crippen LogP contribution is 2.19. The van der Waals surface area contributed by atoms with Crippen molar-refractivity contribution in [3.05, 3.63) is 11.8 Å². The van der Waals surface area contributed by atoms with Crippen LogP contribution in [0.15, 0.2) is 4.42 Å². The molecule has 1 aromatic heterocycles. The Morgan fingerprint density at radius 3 is 2.37 bits per heavy atom. The number of hydrogen-bond donors (Lipinski definition) is 2. The quantitative estimate of drug-likeness (QED) is 0.830. The Hall–Kier alpha value is -1.59. The van der Waals surface area contributed by atoms with Crippen LogP contribution in [0.5, 0.6) is 0 Å². The molecule has 0 bridgehead atoms. The molecule has 0 aromatic carbocycles. The van der Waals surface area contributed by atoms with Gasteiger partial charge in [-0.05, 0) is 18.3 Å². The van der Waals surface area contributed by atoms with Crippen molar-refractivity contribution in [3.63, 3.8) is 0 Å². The fourth-order valence-corrected chi connectivity index (χ4v) is 1.65. The van der Waals surface area contributed by atoms with E-state index < -0.39 is 0 Å². The number of carbonyl (C=O) groups is 1. The van der Waals surface area contributed by atoms with Crippen molar-refractivity contribution in [2.75, 3.05) is 6.54 Å². The van der Waals surface area contributed by atoms with Crippen LogP contribution in [0, 0.1) is 18.8 Å². The molecule has 1 atom stereocenters. The molecule has 0 radical (unpaired) electrons. The Morgan fingerprint density at radius 2 is 1.89 bits per heavy atom. The normalized spacial score (nSPS) is 12.8. The molecule has 1 aromatic rings. The van der Waals surface area contributed by atoms with Crippen molar-refractivity contribution >= 4 is 6.03 Å². The van der Waals surface area contributed by atoms with Crippen molar-refractivity contribution in [1.82, 2.24) is 20.8 Å². The zero-order valence-corrected chi connectivity index (χ0v) is 12.4. The van der Waals surface area contributed by atoms with Crippen LogP contribution in [0.2, 0.25) is 0 Å². The molecule has 0 saturated carbocycles. The molecular weight excluding hydrogens is 244 g/mol. The van der Waals surface area contributed by atoms with Gasteiger partial charge >= 0.3 is 6.03 Å². The highest BCUT2D eigenvalue weighted by molar-refractivity contribution is 5.74. The molecule has 19 heavy (non-hydrogen) atoms. The molecule has 0 aliphatic carbocycles. The fourth-order valence-electron chi connectivity index (χ4n) is 1.65. The molecule has 108 valence electrons. The molecule has 1 rings (SSSR count). The number of nitrogens with zero attached hydrogens (tertiary/aromatic N) is 2. The summed E-state index contributed by atoms with van der Waals surface area (Å²) in [5, 5.41) is 13.5. The topological polar surface area (TPSA) is 80.0 Å². The monoisotopic (exact) mass is 268 g/mol. The number of rotatable bonds is 6. The van der Waals surface area contributed by atoms with Gasteiger partial charge in [-0.25, -0.2) is 4.79 Å². The lowest BCUT2D eigenvalue weighted by Gasteiger charge is -2.18. The molecule has 0 fully saturated rings. The highest BCUT2D eigenvalue weighted by atomic mass is 16.4. The maximum absolute atomic E-state index is 11.8. The van der Waals surface area contributed by atoms with Crippen molar-refractivity contribution in [2.45, 2.75) is 47.1 Å². The Kier molecular flexibility index (Phi) is 5.79. The average Bonchev–Trinajstić information content (AvgIpc) is 2.72. The Morgan fingerprint density at radius 1 is 1.21 bits per heavy atom. The first-order chi connectivity index (χ1) is 8.88. The van der Waals surface area contributed by atoms with E-state index in [1.54, 1.807) is 6.92 Å². The summed E-state index contributed by atoms with van der Waals surface area (Å²) in [6.07, 6.45) is 0.761. The number of amides is 2. The molecule has 0 saturated heterocycles. The predicted molar refractivity (Wildman–Crippen MR) is 72.6 cm³/mol. The first-order valence-electron chi connectivity index (χ1n) is 6.72. The predicted octanol–water partition coefficient (Wildman–Crippen LogP) is 2.42. The van der Waals surface area contributed by atoms with Gasteiger partial charge in [0.05, 0.1) is 0 Å². The third-order valence-electron chi connectivity index (χ3n) is 2.52. The summed E-state index contributed by atoms with van der Waals surface area (Å²) in [7, 11) is 0. The number of nitrogens with one attached hydrogen (secondary N) is 2. The van der Waals surface area contributed by atoms with Gasteiger partial charge in [-0.2, -0.15) is 0 Å². The summed E-state index contributed by atoms with van der Waals surface area (Å²) in [6, 6.07) is -0.441. The second kappa shape index (κ2) is 7.11. The number of carbonyl (C=O) groups excluding carboxylic acids is 1. The molecule has 6 nitrogen and oxygen atoms in total. The Bertz CT molecular complexity index is 401. The number of aryl methyl sites for hydroxylation is 1. The second-order valence-electron chi connectivity index (χ2n) is 5.59. The van der Waals surface area contributed by atoms with Crippen molar-refractivity contribution in [1.29, 1.82) is 0 Å². The Labute approximate surface area is 114 Å². The van der Waals surface area contributed by atoms with Gasteiger partial charge in [-0.1, -0.05) is 27.7 Å². The summed E-state index contributed by atoms with van der Waals surface area (Å²) in [5.41, 5.74) is 0. The highest BCUT2D eigenvalue weighted by Gasteiger charge is 2.21. The van der Waals surface area contributed by atoms with Crippen LogP contribution in [0.25, 0.3) is 0 Å². The molecule has 6 heteroatoms. The third-order valence-corrected chi connectivity index (χ3v) is 2.52. The van der Waals surface area contributed by atoms with E-state index in [2.05, 4.69) is 34.7 Å². The largest absolute Gasteiger partial charge is 0.423 e. The van der Waals surface area contributed by atoms with E-state index in [1.165, 1.54) is 0 Å². The average molecular weight is 268 g/mol. The molecule has 1 unspecified atom stereocenters. The van der Waals surface area contributed by atoms with Crippen LogP contribution < -0.4 is 10.6 Å². The smallest absolute Gasteiger partial charge is 0.315 e. The van der Waals surface area contributed by atoms with Crippen LogP contribution in [0.1, 0.15) is 51.9 Å². The summed E-state index contributed by atoms with van der Waals surface area (Å²) in [6.45, 7) is 10.7. The number of hydrogen-bond acceptors (Lipinski definition) is 4. The molecule has 0 aliphatic rings. The van der Waals surface area contributed by atoms with E-state index in [0.29, 0.717) is 30.2 Å². The van der Waals surface area contributed by atoms with Gasteiger partial charge in [-0.3, -0.25) is 0 Å². The zero-order valence-electron chi connectivity index (χ0n) is 12.4. The minimum Gasteiger partial charge on any atom is -0.423 e. The van der Waals surface area contributed by atoms with E-state index in [0.717, 1.165) is 6.42 Å². The number of aromatic nitrogens is 2. The third kappa shape index (κ3) is 5.72. The maximum Gasteiger partial charge on any atom is 0.315 e. The lowest BCUT2D eigenvalue weighted by atomic mass is 10.0. The molecule has 0 aliphatic heterocycles. The second-order valence-corrected chi connectivity index (χ2v) is 5.59. The molecule has 0 spiro atoms.